The van der Waals surface area contributed by atoms with Crippen molar-refractivity contribution in [1.82, 2.24) is 4.31 Å². The molecule has 0 aliphatic rings. The fourth-order valence-electron chi connectivity index (χ4n) is 3.97. The van der Waals surface area contributed by atoms with Gasteiger partial charge in [-0.25, -0.2) is 8.42 Å². The molecule has 0 aliphatic carbocycles. The monoisotopic (exact) mass is 538 g/mol. The van der Waals surface area contributed by atoms with Gasteiger partial charge in [0, 0.05) is 6.54 Å². The highest BCUT2D eigenvalue weighted by Crippen LogP contribution is 2.34. The minimum Gasteiger partial charge on any atom is -0.324 e. The molecule has 3 rings (SSSR count). The van der Waals surface area contributed by atoms with Gasteiger partial charge in [-0.15, -0.1) is 0 Å². The summed E-state index contributed by atoms with van der Waals surface area (Å²) in [6.45, 7) is 6.36. The number of amides is 1. The van der Waals surface area contributed by atoms with E-state index in [0.29, 0.717) is 22.8 Å². The molecule has 0 atom stereocenters. The van der Waals surface area contributed by atoms with Crippen molar-refractivity contribution in [2.75, 3.05) is 11.9 Å². The lowest BCUT2D eigenvalue weighted by Crippen LogP contribution is -2.38. The molecule has 0 aromatic heterocycles. The van der Waals surface area contributed by atoms with Crippen molar-refractivity contribution >= 4 is 33.2 Å². The maximum absolute atomic E-state index is 13.8. The molecule has 10 heteroatoms. The number of carbonyl (C=O) groups excluding carboxylic acids is 1. The first-order chi connectivity index (χ1) is 16.7. The topological polar surface area (TPSA) is 66.5 Å². The van der Waals surface area contributed by atoms with E-state index in [1.54, 1.807) is 38.1 Å². The van der Waals surface area contributed by atoms with Gasteiger partial charge in [-0.2, -0.15) is 17.5 Å². The van der Waals surface area contributed by atoms with Crippen LogP contribution in [0.1, 0.15) is 33.4 Å². The second kappa shape index (κ2) is 10.6. The molecule has 0 aliphatic heterocycles. The van der Waals surface area contributed by atoms with Crippen LogP contribution in [0.25, 0.3) is 0 Å². The number of anilines is 1. The Kier molecular flexibility index (Phi) is 8.17. The molecule has 3 aromatic carbocycles. The van der Waals surface area contributed by atoms with Crippen molar-refractivity contribution in [1.29, 1.82) is 0 Å². The molecular weight excluding hydrogens is 513 g/mol. The molecule has 0 heterocycles. The zero-order valence-electron chi connectivity index (χ0n) is 20.2. The Morgan fingerprint density at radius 2 is 1.50 bits per heavy atom. The quantitative estimate of drug-likeness (QED) is 0.377. The number of nitrogens with zero attached hydrogens (tertiary/aromatic N) is 1. The Morgan fingerprint density at radius 1 is 0.917 bits per heavy atom. The molecule has 0 fully saturated rings. The van der Waals surface area contributed by atoms with Crippen LogP contribution in [0.5, 0.6) is 0 Å². The molecular formula is C26H26ClF3N2O3S. The van der Waals surface area contributed by atoms with E-state index in [9.17, 15) is 26.4 Å². The lowest BCUT2D eigenvalue weighted by Gasteiger charge is -2.24. The van der Waals surface area contributed by atoms with Crippen molar-refractivity contribution in [2.24, 2.45) is 0 Å². The van der Waals surface area contributed by atoms with E-state index in [4.69, 9.17) is 11.6 Å². The first-order valence-corrected chi connectivity index (χ1v) is 12.8. The van der Waals surface area contributed by atoms with E-state index < -0.39 is 34.2 Å². The van der Waals surface area contributed by atoms with Crippen LogP contribution in [0.15, 0.2) is 59.5 Å². The Morgan fingerprint density at radius 3 is 2.06 bits per heavy atom. The molecule has 5 nitrogen and oxygen atoms in total. The molecule has 0 spiro atoms. The maximum Gasteiger partial charge on any atom is 0.416 e. The number of sulfonamides is 1. The minimum atomic E-state index is -4.63. The van der Waals surface area contributed by atoms with Crippen LogP contribution in [-0.4, -0.2) is 25.2 Å². The van der Waals surface area contributed by atoms with Gasteiger partial charge in [0.15, 0.2) is 0 Å². The molecule has 0 saturated heterocycles. The summed E-state index contributed by atoms with van der Waals surface area (Å²) in [5.41, 5.74) is 2.34. The fraction of sp³-hybridized carbons (Fsp3) is 0.269. The second-order valence-electron chi connectivity index (χ2n) is 8.73. The predicted octanol–water partition coefficient (Wildman–Crippen LogP) is 6.42. The predicted molar refractivity (Wildman–Crippen MR) is 135 cm³/mol. The molecule has 192 valence electrons. The molecule has 0 radical (unpaired) electrons. The summed E-state index contributed by atoms with van der Waals surface area (Å²) in [5, 5.41) is 2.23. The van der Waals surface area contributed by atoms with Crippen LogP contribution in [-0.2, 0) is 27.5 Å². The standard InChI is InChI=1S/C26H26ClF3N2O3S/c1-16-5-7-20(8-6-16)14-32(36(34,35)25-18(3)11-17(2)12-19(25)4)15-24(33)31-23-13-21(26(28,29)30)9-10-22(23)27/h5-13H,14-15H2,1-4H3,(H,31,33). The third-order valence-corrected chi connectivity index (χ3v) is 8.00. The number of aryl methyl sites for hydroxylation is 4. The van der Waals surface area contributed by atoms with Crippen LogP contribution < -0.4 is 5.32 Å². The smallest absolute Gasteiger partial charge is 0.324 e. The Labute approximate surface area is 213 Å². The van der Waals surface area contributed by atoms with E-state index in [0.717, 1.165) is 27.6 Å². The highest BCUT2D eigenvalue weighted by molar-refractivity contribution is 7.89. The van der Waals surface area contributed by atoms with Crippen LogP contribution in [0, 0.1) is 27.7 Å². The number of carbonyl (C=O) groups is 1. The maximum atomic E-state index is 13.8. The third-order valence-electron chi connectivity index (χ3n) is 5.57. The SMILES string of the molecule is Cc1ccc(CN(CC(=O)Nc2cc(C(F)(F)F)ccc2Cl)S(=O)(=O)c2c(C)cc(C)cc2C)cc1. The van der Waals surface area contributed by atoms with Gasteiger partial charge < -0.3 is 5.32 Å². The van der Waals surface area contributed by atoms with Crippen molar-refractivity contribution in [3.63, 3.8) is 0 Å². The van der Waals surface area contributed by atoms with E-state index in [1.807, 2.05) is 26.0 Å². The van der Waals surface area contributed by atoms with Crippen LogP contribution in [0.3, 0.4) is 0 Å². The molecule has 36 heavy (non-hydrogen) atoms. The lowest BCUT2D eigenvalue weighted by atomic mass is 10.1. The zero-order chi connectivity index (χ0) is 26.8. The van der Waals surface area contributed by atoms with Gasteiger partial charge in [0.05, 0.1) is 27.7 Å². The largest absolute Gasteiger partial charge is 0.416 e. The first-order valence-electron chi connectivity index (χ1n) is 11.0. The van der Waals surface area contributed by atoms with E-state index in [-0.39, 0.29) is 22.2 Å². The first kappa shape index (κ1) is 27.7. The summed E-state index contributed by atoms with van der Waals surface area (Å²) >= 11 is 6.00. The Balaban J connectivity index is 1.98. The van der Waals surface area contributed by atoms with Gasteiger partial charge in [0.2, 0.25) is 15.9 Å². The number of halogens is 4. The van der Waals surface area contributed by atoms with Gasteiger partial charge in [0.1, 0.15) is 0 Å². The van der Waals surface area contributed by atoms with Crippen LogP contribution in [0.4, 0.5) is 18.9 Å². The van der Waals surface area contributed by atoms with Crippen molar-refractivity contribution in [3.8, 4) is 0 Å². The molecule has 0 bridgehead atoms. The summed E-state index contributed by atoms with van der Waals surface area (Å²) in [4.78, 5) is 13.0. The lowest BCUT2D eigenvalue weighted by molar-refractivity contribution is -0.137. The van der Waals surface area contributed by atoms with E-state index in [1.165, 1.54) is 0 Å². The molecule has 0 saturated carbocycles. The van der Waals surface area contributed by atoms with E-state index >= 15 is 0 Å². The summed E-state index contributed by atoms with van der Waals surface area (Å²) in [5.74, 6) is -0.825. The van der Waals surface area contributed by atoms with Crippen LogP contribution in [0.2, 0.25) is 5.02 Å². The summed E-state index contributed by atoms with van der Waals surface area (Å²) in [6, 6.07) is 13.2. The van der Waals surface area contributed by atoms with Crippen molar-refractivity contribution in [3.05, 3.63) is 93.0 Å². The van der Waals surface area contributed by atoms with Gasteiger partial charge in [-0.05, 0) is 62.6 Å². The third kappa shape index (κ3) is 6.46. The second-order valence-corrected chi connectivity index (χ2v) is 11.0. The van der Waals surface area contributed by atoms with Gasteiger partial charge >= 0.3 is 6.18 Å². The molecule has 1 N–H and O–H groups in total. The minimum absolute atomic E-state index is 0.0881. The number of nitrogens with one attached hydrogen (secondary N) is 1. The fourth-order valence-corrected chi connectivity index (χ4v) is 5.93. The highest BCUT2D eigenvalue weighted by Gasteiger charge is 2.32. The number of benzene rings is 3. The number of alkyl halides is 3. The normalized spacial score (nSPS) is 12.1. The van der Waals surface area contributed by atoms with Crippen molar-refractivity contribution in [2.45, 2.75) is 45.3 Å². The zero-order valence-corrected chi connectivity index (χ0v) is 21.8. The number of rotatable bonds is 7. The average molecular weight is 539 g/mol. The van der Waals surface area contributed by atoms with Crippen molar-refractivity contribution < 1.29 is 26.4 Å². The number of hydrogen-bond acceptors (Lipinski definition) is 3. The molecule has 1 amide bonds. The van der Waals surface area contributed by atoms with Gasteiger partial charge in [-0.1, -0.05) is 59.1 Å². The van der Waals surface area contributed by atoms with E-state index in [2.05, 4.69) is 5.32 Å². The molecule has 3 aromatic rings. The summed E-state index contributed by atoms with van der Waals surface area (Å²) in [7, 11) is -4.16. The van der Waals surface area contributed by atoms with Crippen LogP contribution >= 0.6 is 11.6 Å². The Bertz CT molecular complexity index is 1370. The van der Waals surface area contributed by atoms with Gasteiger partial charge in [-0.3, -0.25) is 4.79 Å². The van der Waals surface area contributed by atoms with Gasteiger partial charge in [0.25, 0.3) is 0 Å². The number of hydrogen-bond donors (Lipinski definition) is 1. The Hall–Kier alpha value is -2.88. The summed E-state index contributed by atoms with van der Waals surface area (Å²) in [6.07, 6.45) is -4.63. The highest BCUT2D eigenvalue weighted by atomic mass is 35.5. The average Bonchev–Trinajstić information content (AvgIpc) is 2.74. The molecule has 0 unspecified atom stereocenters. The summed E-state index contributed by atoms with van der Waals surface area (Å²) < 4.78 is 67.9.